The second-order valence-corrected chi connectivity index (χ2v) is 5.84. The van der Waals surface area contributed by atoms with Gasteiger partial charge in [-0.1, -0.05) is 27.5 Å². The van der Waals surface area contributed by atoms with E-state index in [4.69, 9.17) is 22.1 Å². The molecule has 0 unspecified atom stereocenters. The summed E-state index contributed by atoms with van der Waals surface area (Å²) in [5.41, 5.74) is 5.47. The van der Waals surface area contributed by atoms with Crippen LogP contribution in [0.4, 0.5) is 0 Å². The average molecular weight is 337 g/mol. The predicted molar refractivity (Wildman–Crippen MR) is 73.5 cm³/mol. The number of hydrogen-bond acceptors (Lipinski definition) is 4. The first-order valence-electron chi connectivity index (χ1n) is 5.23. The molecule has 0 amide bonds. The van der Waals surface area contributed by atoms with Crippen LogP contribution >= 0.6 is 27.5 Å². The van der Waals surface area contributed by atoms with Gasteiger partial charge in [0.1, 0.15) is 5.75 Å². The lowest BCUT2D eigenvalue weighted by Gasteiger charge is -2.29. The molecule has 18 heavy (non-hydrogen) atoms. The number of phenolic OH excluding ortho intramolecular Hbond substituents is 1. The van der Waals surface area contributed by atoms with Crippen LogP contribution in [0.25, 0.3) is 0 Å². The molecular formula is C12H15BrClNO3. The van der Waals surface area contributed by atoms with Gasteiger partial charge < -0.3 is 15.6 Å². The summed E-state index contributed by atoms with van der Waals surface area (Å²) in [4.78, 5) is 11.7. The molecule has 0 spiro atoms. The van der Waals surface area contributed by atoms with E-state index < -0.39 is 17.4 Å². The summed E-state index contributed by atoms with van der Waals surface area (Å²) in [5, 5.41) is 10.1. The molecule has 1 aromatic carbocycles. The highest BCUT2D eigenvalue weighted by Crippen LogP contribution is 2.41. The Labute approximate surface area is 119 Å². The smallest absolute Gasteiger partial charge is 0.313 e. The summed E-state index contributed by atoms with van der Waals surface area (Å²) in [6.07, 6.45) is 0. The molecule has 4 nitrogen and oxygen atoms in total. The van der Waals surface area contributed by atoms with Crippen molar-refractivity contribution in [1.29, 1.82) is 0 Å². The van der Waals surface area contributed by atoms with Crippen LogP contribution < -0.4 is 5.73 Å². The van der Waals surface area contributed by atoms with E-state index in [1.54, 1.807) is 26.0 Å². The third kappa shape index (κ3) is 2.79. The fraction of sp³-hybridized carbons (Fsp3) is 0.417. The lowest BCUT2D eigenvalue weighted by atomic mass is 9.81. The molecule has 0 aromatic heterocycles. The van der Waals surface area contributed by atoms with E-state index in [0.717, 1.165) is 0 Å². The summed E-state index contributed by atoms with van der Waals surface area (Å²) >= 11 is 9.14. The number of methoxy groups -OCH3 is 1. The molecule has 3 N–H and O–H groups in total. The first kappa shape index (κ1) is 15.3. The monoisotopic (exact) mass is 335 g/mol. The number of rotatable bonds is 3. The van der Waals surface area contributed by atoms with E-state index in [1.807, 2.05) is 0 Å². The molecule has 0 fully saturated rings. The maximum absolute atomic E-state index is 11.7. The van der Waals surface area contributed by atoms with Crippen LogP contribution in [0, 0.1) is 5.41 Å². The Hall–Kier alpha value is -0.780. The molecule has 100 valence electrons. The number of nitrogens with two attached hydrogens (primary N) is 1. The van der Waals surface area contributed by atoms with Crippen molar-refractivity contribution in [2.24, 2.45) is 11.1 Å². The van der Waals surface area contributed by atoms with Crippen molar-refractivity contribution in [2.45, 2.75) is 19.9 Å². The number of esters is 1. The Bertz CT molecular complexity index is 477. The number of halogens is 2. The molecular weight excluding hydrogens is 321 g/mol. The number of aromatic hydroxyl groups is 1. The molecule has 1 rings (SSSR count). The molecule has 1 atom stereocenters. The predicted octanol–water partition coefficient (Wildman–Crippen LogP) is 3.01. The average Bonchev–Trinajstić information content (AvgIpc) is 2.31. The number of benzene rings is 1. The molecule has 0 bridgehead atoms. The van der Waals surface area contributed by atoms with Gasteiger partial charge in [-0.25, -0.2) is 0 Å². The summed E-state index contributed by atoms with van der Waals surface area (Å²) < 4.78 is 5.39. The number of ether oxygens (including phenoxy) is 1. The van der Waals surface area contributed by atoms with Gasteiger partial charge in [-0.3, -0.25) is 4.79 Å². The summed E-state index contributed by atoms with van der Waals surface area (Å²) in [6, 6.07) is 2.45. The van der Waals surface area contributed by atoms with E-state index in [2.05, 4.69) is 15.9 Å². The standard InChI is InChI=1S/C12H15BrClNO3/c1-12(2,11(17)18-3)10(15)7-4-6(13)5-8(14)9(7)16/h4-5,10,16H,15H2,1-3H3/t10-/m0/s1. The van der Waals surface area contributed by atoms with Gasteiger partial charge in [0.05, 0.1) is 17.5 Å². The first-order valence-corrected chi connectivity index (χ1v) is 6.40. The van der Waals surface area contributed by atoms with Gasteiger partial charge in [0.25, 0.3) is 0 Å². The van der Waals surface area contributed by atoms with E-state index in [-0.39, 0.29) is 10.8 Å². The van der Waals surface area contributed by atoms with Crippen LogP contribution in [0.15, 0.2) is 16.6 Å². The van der Waals surface area contributed by atoms with Gasteiger partial charge in [-0.05, 0) is 26.0 Å². The topological polar surface area (TPSA) is 72.5 Å². The third-order valence-corrected chi connectivity index (χ3v) is 3.63. The molecule has 1 aromatic rings. The lowest BCUT2D eigenvalue weighted by Crippen LogP contribution is -2.37. The van der Waals surface area contributed by atoms with Crippen LogP contribution in [0.2, 0.25) is 5.02 Å². The van der Waals surface area contributed by atoms with Crippen LogP contribution in [-0.2, 0) is 9.53 Å². The van der Waals surface area contributed by atoms with Crippen LogP contribution in [0.3, 0.4) is 0 Å². The van der Waals surface area contributed by atoms with Gasteiger partial charge in [-0.15, -0.1) is 0 Å². The van der Waals surface area contributed by atoms with Crippen molar-refractivity contribution in [1.82, 2.24) is 0 Å². The molecule has 0 saturated heterocycles. The minimum atomic E-state index is -0.976. The summed E-state index contributed by atoms with van der Waals surface area (Å²) in [6.45, 7) is 3.30. The molecule has 0 saturated carbocycles. The Kier molecular flexibility index (Phi) is 4.64. The van der Waals surface area contributed by atoms with Gasteiger partial charge in [-0.2, -0.15) is 0 Å². The van der Waals surface area contributed by atoms with Crippen molar-refractivity contribution in [2.75, 3.05) is 7.11 Å². The zero-order chi connectivity index (χ0) is 14.1. The molecule has 0 radical (unpaired) electrons. The third-order valence-electron chi connectivity index (χ3n) is 2.88. The Morgan fingerprint density at radius 2 is 2.11 bits per heavy atom. The van der Waals surface area contributed by atoms with Crippen LogP contribution in [0.1, 0.15) is 25.5 Å². The number of hydrogen-bond donors (Lipinski definition) is 2. The number of carbonyl (C=O) groups is 1. The first-order chi connectivity index (χ1) is 8.21. The Morgan fingerprint density at radius 3 is 2.61 bits per heavy atom. The van der Waals surface area contributed by atoms with Gasteiger partial charge in [0.2, 0.25) is 0 Å². The highest BCUT2D eigenvalue weighted by Gasteiger charge is 2.38. The van der Waals surface area contributed by atoms with Gasteiger partial charge >= 0.3 is 5.97 Å². The van der Waals surface area contributed by atoms with Crippen molar-refractivity contribution in [3.05, 3.63) is 27.2 Å². The van der Waals surface area contributed by atoms with Crippen molar-refractivity contribution in [3.63, 3.8) is 0 Å². The SMILES string of the molecule is COC(=O)C(C)(C)[C@@H](N)c1cc(Br)cc(Cl)c1O. The summed E-state index contributed by atoms with van der Waals surface area (Å²) in [7, 11) is 1.30. The Morgan fingerprint density at radius 1 is 1.56 bits per heavy atom. The normalized spacial score (nSPS) is 13.2. The summed E-state index contributed by atoms with van der Waals surface area (Å²) in [5.74, 6) is -0.574. The second kappa shape index (κ2) is 5.47. The van der Waals surface area contributed by atoms with Crippen LogP contribution in [-0.4, -0.2) is 18.2 Å². The fourth-order valence-electron chi connectivity index (χ4n) is 1.60. The zero-order valence-electron chi connectivity index (χ0n) is 10.3. The zero-order valence-corrected chi connectivity index (χ0v) is 12.7. The van der Waals surface area contributed by atoms with Crippen molar-refractivity contribution >= 4 is 33.5 Å². The molecule has 0 aliphatic carbocycles. The van der Waals surface area contributed by atoms with E-state index in [9.17, 15) is 9.90 Å². The minimum absolute atomic E-state index is 0.121. The maximum Gasteiger partial charge on any atom is 0.313 e. The quantitative estimate of drug-likeness (QED) is 0.832. The van der Waals surface area contributed by atoms with E-state index in [0.29, 0.717) is 10.0 Å². The largest absolute Gasteiger partial charge is 0.506 e. The van der Waals surface area contributed by atoms with Crippen molar-refractivity contribution in [3.8, 4) is 5.75 Å². The lowest BCUT2D eigenvalue weighted by molar-refractivity contribution is -0.152. The van der Waals surface area contributed by atoms with Crippen molar-refractivity contribution < 1.29 is 14.6 Å². The highest BCUT2D eigenvalue weighted by molar-refractivity contribution is 9.10. The van der Waals surface area contributed by atoms with Crippen LogP contribution in [0.5, 0.6) is 5.75 Å². The Balaban J connectivity index is 3.26. The number of phenols is 1. The maximum atomic E-state index is 11.7. The van der Waals surface area contributed by atoms with Gasteiger partial charge in [0.15, 0.2) is 0 Å². The second-order valence-electron chi connectivity index (χ2n) is 4.52. The molecule has 0 heterocycles. The molecule has 0 aliphatic rings. The number of carbonyl (C=O) groups excluding carboxylic acids is 1. The molecule has 0 aliphatic heterocycles. The van der Waals surface area contributed by atoms with Gasteiger partial charge in [0, 0.05) is 16.1 Å². The van der Waals surface area contributed by atoms with E-state index in [1.165, 1.54) is 7.11 Å². The minimum Gasteiger partial charge on any atom is -0.506 e. The van der Waals surface area contributed by atoms with E-state index >= 15 is 0 Å². The fourth-order valence-corrected chi connectivity index (χ4v) is 2.44. The molecule has 6 heteroatoms. The highest BCUT2D eigenvalue weighted by atomic mass is 79.9.